The van der Waals surface area contributed by atoms with Gasteiger partial charge < -0.3 is 10.1 Å². The molecule has 2 aromatic rings. The summed E-state index contributed by atoms with van der Waals surface area (Å²) in [5.74, 6) is 1.59. The van der Waals surface area contributed by atoms with Crippen molar-refractivity contribution >= 4 is 5.91 Å². The molecule has 3 heteroatoms. The third kappa shape index (κ3) is 6.90. The van der Waals surface area contributed by atoms with Crippen molar-refractivity contribution in [1.82, 2.24) is 5.32 Å². The standard InChI is InChI=1S/C27H39NO2/c1-7-27(6,23-11-9-8-10-12-23)17-18-28-26(29)19-25(20(2)3)22-13-15-24(16-14-22)30-21(4)5/h8-16,20-21,25H,7,17-19H2,1-6H3,(H,28,29)/t25-,27-/m0/s1. The Morgan fingerprint density at radius 2 is 1.63 bits per heavy atom. The van der Waals surface area contributed by atoms with E-state index in [-0.39, 0.29) is 23.3 Å². The van der Waals surface area contributed by atoms with Crippen LogP contribution < -0.4 is 10.1 Å². The van der Waals surface area contributed by atoms with Crippen LogP contribution in [0.1, 0.15) is 77.8 Å². The SMILES string of the molecule is CC[C@@](C)(CCNC(=O)C[C@H](c1ccc(OC(C)C)cc1)C(C)C)c1ccccc1. The van der Waals surface area contributed by atoms with Crippen LogP contribution in [0.15, 0.2) is 54.6 Å². The van der Waals surface area contributed by atoms with Crippen molar-refractivity contribution in [3.63, 3.8) is 0 Å². The monoisotopic (exact) mass is 409 g/mol. The van der Waals surface area contributed by atoms with Crippen LogP contribution in [-0.4, -0.2) is 18.6 Å². The van der Waals surface area contributed by atoms with Crippen molar-refractivity contribution in [1.29, 1.82) is 0 Å². The Balaban J connectivity index is 1.94. The number of nitrogens with one attached hydrogen (secondary N) is 1. The Hall–Kier alpha value is -2.29. The molecule has 0 aliphatic rings. The molecule has 2 atom stereocenters. The van der Waals surface area contributed by atoms with Crippen LogP contribution in [0, 0.1) is 5.92 Å². The van der Waals surface area contributed by atoms with Crippen molar-refractivity contribution in [2.75, 3.05) is 6.54 Å². The molecule has 2 rings (SSSR count). The highest BCUT2D eigenvalue weighted by Gasteiger charge is 2.25. The van der Waals surface area contributed by atoms with E-state index in [0.717, 1.165) is 18.6 Å². The molecule has 1 amide bonds. The van der Waals surface area contributed by atoms with Gasteiger partial charge in [0.1, 0.15) is 5.75 Å². The molecule has 1 N–H and O–H groups in total. The summed E-state index contributed by atoms with van der Waals surface area (Å²) in [5.41, 5.74) is 2.61. The van der Waals surface area contributed by atoms with Gasteiger partial charge in [-0.1, -0.05) is 70.2 Å². The molecule has 0 fully saturated rings. The summed E-state index contributed by atoms with van der Waals surface area (Å²) in [6.07, 6.45) is 2.65. The van der Waals surface area contributed by atoms with Crippen LogP contribution in [0.3, 0.4) is 0 Å². The average Bonchev–Trinajstić information content (AvgIpc) is 2.72. The molecule has 0 bridgehead atoms. The zero-order valence-electron chi connectivity index (χ0n) is 19.6. The Morgan fingerprint density at radius 1 is 1.00 bits per heavy atom. The predicted octanol–water partition coefficient (Wildman–Crippen LogP) is 6.48. The largest absolute Gasteiger partial charge is 0.491 e. The van der Waals surface area contributed by atoms with Crippen molar-refractivity contribution in [2.45, 2.75) is 78.2 Å². The van der Waals surface area contributed by atoms with Gasteiger partial charge in [0.15, 0.2) is 0 Å². The molecule has 3 nitrogen and oxygen atoms in total. The third-order valence-corrected chi connectivity index (χ3v) is 6.14. The van der Waals surface area contributed by atoms with Crippen molar-refractivity contribution in [3.05, 3.63) is 65.7 Å². The maximum absolute atomic E-state index is 12.7. The van der Waals surface area contributed by atoms with Crippen molar-refractivity contribution in [3.8, 4) is 5.75 Å². The van der Waals surface area contributed by atoms with Crippen LogP contribution in [0.2, 0.25) is 0 Å². The van der Waals surface area contributed by atoms with E-state index >= 15 is 0 Å². The van der Waals surface area contributed by atoms with E-state index < -0.39 is 0 Å². The van der Waals surface area contributed by atoms with Crippen LogP contribution in [0.25, 0.3) is 0 Å². The predicted molar refractivity (Wildman–Crippen MR) is 126 cm³/mol. The lowest BCUT2D eigenvalue weighted by atomic mass is 9.77. The second-order valence-corrected chi connectivity index (χ2v) is 9.17. The van der Waals surface area contributed by atoms with E-state index in [4.69, 9.17) is 4.74 Å². The van der Waals surface area contributed by atoms with E-state index in [1.54, 1.807) is 0 Å². The first-order valence-corrected chi connectivity index (χ1v) is 11.3. The van der Waals surface area contributed by atoms with Crippen LogP contribution in [0.5, 0.6) is 5.75 Å². The minimum atomic E-state index is 0.0816. The molecule has 0 saturated carbocycles. The summed E-state index contributed by atoms with van der Waals surface area (Å²) in [4.78, 5) is 12.7. The van der Waals surface area contributed by atoms with Crippen molar-refractivity contribution < 1.29 is 9.53 Å². The van der Waals surface area contributed by atoms with Gasteiger partial charge >= 0.3 is 0 Å². The number of benzene rings is 2. The molecular formula is C27H39NO2. The molecule has 164 valence electrons. The number of rotatable bonds is 11. The third-order valence-electron chi connectivity index (χ3n) is 6.14. The minimum absolute atomic E-state index is 0.0816. The van der Waals surface area contributed by atoms with Gasteiger partial charge in [-0.15, -0.1) is 0 Å². The Bertz CT molecular complexity index is 767. The highest BCUT2D eigenvalue weighted by molar-refractivity contribution is 5.76. The smallest absolute Gasteiger partial charge is 0.220 e. The summed E-state index contributed by atoms with van der Waals surface area (Å²) >= 11 is 0. The molecule has 0 aromatic heterocycles. The number of hydrogen-bond acceptors (Lipinski definition) is 2. The number of carbonyl (C=O) groups is 1. The van der Waals surface area contributed by atoms with Gasteiger partial charge in [-0.25, -0.2) is 0 Å². The number of ether oxygens (including phenoxy) is 1. The quantitative estimate of drug-likeness (QED) is 0.461. The first kappa shape index (κ1) is 24.0. The molecule has 0 spiro atoms. The fraction of sp³-hybridized carbons (Fsp3) is 0.519. The van der Waals surface area contributed by atoms with Gasteiger partial charge in [0.05, 0.1) is 6.10 Å². The summed E-state index contributed by atoms with van der Waals surface area (Å²) in [7, 11) is 0. The Kier molecular flexibility index (Phi) is 8.95. The van der Waals surface area contributed by atoms with Crippen LogP contribution in [0.4, 0.5) is 0 Å². The summed E-state index contributed by atoms with van der Waals surface area (Å²) in [5, 5.41) is 3.17. The molecule has 0 aliphatic carbocycles. The first-order chi connectivity index (χ1) is 14.2. The van der Waals surface area contributed by atoms with E-state index in [1.807, 2.05) is 26.0 Å². The van der Waals surface area contributed by atoms with Crippen LogP contribution >= 0.6 is 0 Å². The van der Waals surface area contributed by atoms with E-state index in [0.29, 0.717) is 18.9 Å². The van der Waals surface area contributed by atoms with Gasteiger partial charge in [0, 0.05) is 13.0 Å². The lowest BCUT2D eigenvalue weighted by molar-refractivity contribution is -0.121. The number of hydrogen-bond donors (Lipinski definition) is 1. The average molecular weight is 410 g/mol. The van der Waals surface area contributed by atoms with Crippen LogP contribution in [-0.2, 0) is 10.2 Å². The van der Waals surface area contributed by atoms with E-state index in [9.17, 15) is 4.79 Å². The molecule has 0 heterocycles. The highest BCUT2D eigenvalue weighted by atomic mass is 16.5. The van der Waals surface area contributed by atoms with Gasteiger partial charge in [0.25, 0.3) is 0 Å². The van der Waals surface area contributed by atoms with E-state index in [2.05, 4.69) is 75.5 Å². The Labute approximate surface area is 183 Å². The lowest BCUT2D eigenvalue weighted by Gasteiger charge is -2.29. The molecule has 0 unspecified atom stereocenters. The lowest BCUT2D eigenvalue weighted by Crippen LogP contribution is -2.32. The van der Waals surface area contributed by atoms with Gasteiger partial charge in [-0.2, -0.15) is 0 Å². The molecule has 2 aromatic carbocycles. The summed E-state index contributed by atoms with van der Waals surface area (Å²) in [6.45, 7) is 13.6. The Morgan fingerprint density at radius 3 is 2.17 bits per heavy atom. The maximum atomic E-state index is 12.7. The van der Waals surface area contributed by atoms with Gasteiger partial charge in [-0.05, 0) is 67.2 Å². The molecule has 0 saturated heterocycles. The molecule has 30 heavy (non-hydrogen) atoms. The zero-order chi connectivity index (χ0) is 22.1. The summed E-state index contributed by atoms with van der Waals surface area (Å²) < 4.78 is 5.74. The van der Waals surface area contributed by atoms with Crippen molar-refractivity contribution in [2.24, 2.45) is 5.92 Å². The minimum Gasteiger partial charge on any atom is -0.491 e. The van der Waals surface area contributed by atoms with Gasteiger partial charge in [0.2, 0.25) is 5.91 Å². The fourth-order valence-electron chi connectivity index (χ4n) is 3.92. The number of carbonyl (C=O) groups excluding carboxylic acids is 1. The second-order valence-electron chi connectivity index (χ2n) is 9.17. The fourth-order valence-corrected chi connectivity index (χ4v) is 3.92. The first-order valence-electron chi connectivity index (χ1n) is 11.3. The zero-order valence-corrected chi connectivity index (χ0v) is 19.6. The molecule has 0 aliphatic heterocycles. The number of amides is 1. The van der Waals surface area contributed by atoms with E-state index in [1.165, 1.54) is 11.1 Å². The maximum Gasteiger partial charge on any atom is 0.220 e. The molecule has 0 radical (unpaired) electrons. The van der Waals surface area contributed by atoms with Gasteiger partial charge in [-0.3, -0.25) is 4.79 Å². The summed E-state index contributed by atoms with van der Waals surface area (Å²) in [6, 6.07) is 18.8. The molecular weight excluding hydrogens is 370 g/mol. The highest BCUT2D eigenvalue weighted by Crippen LogP contribution is 2.31. The normalized spacial score (nSPS) is 14.4. The topological polar surface area (TPSA) is 38.3 Å². The second kappa shape index (κ2) is 11.2.